The molecule has 2 heteroatoms. The van der Waals surface area contributed by atoms with E-state index in [2.05, 4.69) is 13.8 Å². The molecule has 0 aromatic carbocycles. The van der Waals surface area contributed by atoms with E-state index >= 15 is 0 Å². The average molecular weight is 316 g/mol. The van der Waals surface area contributed by atoms with Crippen LogP contribution in [0.4, 0.5) is 0 Å². The van der Waals surface area contributed by atoms with E-state index in [0.717, 1.165) is 49.9 Å². The van der Waals surface area contributed by atoms with Crippen molar-refractivity contribution in [3.63, 3.8) is 0 Å². The van der Waals surface area contributed by atoms with Gasteiger partial charge in [-0.3, -0.25) is 9.59 Å². The van der Waals surface area contributed by atoms with Crippen LogP contribution < -0.4 is 0 Å². The molecular formula is C21H32O2. The summed E-state index contributed by atoms with van der Waals surface area (Å²) in [7, 11) is 0. The van der Waals surface area contributed by atoms with Gasteiger partial charge in [0.2, 0.25) is 0 Å². The molecule has 0 saturated heterocycles. The molecule has 128 valence electrons. The van der Waals surface area contributed by atoms with Gasteiger partial charge in [-0.2, -0.15) is 0 Å². The Balaban J connectivity index is 1.59. The minimum absolute atomic E-state index is 0.000942. The number of hydrogen-bond acceptors (Lipinski definition) is 2. The molecule has 0 unspecified atom stereocenters. The van der Waals surface area contributed by atoms with E-state index in [-0.39, 0.29) is 5.41 Å². The number of Topliss-reactive ketones (excluding diaryl/α,β-unsaturated/α-hetero) is 2. The summed E-state index contributed by atoms with van der Waals surface area (Å²) in [5.41, 5.74) is 0.433. The Morgan fingerprint density at radius 2 is 1.78 bits per heavy atom. The number of carbonyl (C=O) groups is 2. The first-order chi connectivity index (χ1) is 10.9. The van der Waals surface area contributed by atoms with Crippen molar-refractivity contribution in [1.82, 2.24) is 0 Å². The van der Waals surface area contributed by atoms with E-state index in [9.17, 15) is 9.59 Å². The Kier molecular flexibility index (Phi) is 3.56. The molecule has 7 atom stereocenters. The van der Waals surface area contributed by atoms with Crippen molar-refractivity contribution in [2.24, 2.45) is 40.4 Å². The van der Waals surface area contributed by atoms with Gasteiger partial charge in [0.05, 0.1) is 0 Å². The maximum Gasteiger partial charge on any atom is 0.139 e. The third kappa shape index (κ3) is 2.12. The summed E-state index contributed by atoms with van der Waals surface area (Å²) < 4.78 is 0. The number of ketones is 2. The van der Waals surface area contributed by atoms with Crippen molar-refractivity contribution < 1.29 is 9.59 Å². The Morgan fingerprint density at radius 1 is 1.00 bits per heavy atom. The van der Waals surface area contributed by atoms with E-state index < -0.39 is 0 Å². The van der Waals surface area contributed by atoms with Gasteiger partial charge in [0, 0.05) is 17.8 Å². The molecule has 0 heterocycles. The molecule has 0 spiro atoms. The monoisotopic (exact) mass is 316 g/mol. The van der Waals surface area contributed by atoms with Crippen LogP contribution in [0, 0.1) is 40.4 Å². The van der Waals surface area contributed by atoms with Crippen LogP contribution in [0.1, 0.15) is 78.6 Å². The lowest BCUT2D eigenvalue weighted by Gasteiger charge is -2.60. The maximum absolute atomic E-state index is 12.4. The highest BCUT2D eigenvalue weighted by molar-refractivity contribution is 5.87. The third-order valence-electron chi connectivity index (χ3n) is 8.95. The number of rotatable bonds is 1. The van der Waals surface area contributed by atoms with Gasteiger partial charge >= 0.3 is 0 Å². The summed E-state index contributed by atoms with van der Waals surface area (Å²) >= 11 is 0. The van der Waals surface area contributed by atoms with E-state index in [1.54, 1.807) is 6.92 Å². The average Bonchev–Trinajstić information content (AvgIpc) is 2.82. The van der Waals surface area contributed by atoms with Crippen LogP contribution in [0.25, 0.3) is 0 Å². The standard InChI is InChI=1S/C21H32O2/c1-13(22)14-8-10-20(2)15(12-14)4-5-16-17-6-7-19(23)21(17,3)11-9-18(16)20/h14-18H,4-12H2,1-3H3/t14-,15-,16+,17-,18+,20+,21-/m1/s1. The molecular weight excluding hydrogens is 284 g/mol. The lowest BCUT2D eigenvalue weighted by atomic mass is 9.44. The van der Waals surface area contributed by atoms with Crippen molar-refractivity contribution in [2.75, 3.05) is 0 Å². The fraction of sp³-hybridized carbons (Fsp3) is 0.905. The van der Waals surface area contributed by atoms with Crippen molar-refractivity contribution in [1.29, 1.82) is 0 Å². The van der Waals surface area contributed by atoms with Crippen LogP contribution in [0.5, 0.6) is 0 Å². The first-order valence-corrected chi connectivity index (χ1v) is 9.90. The second-order valence-electron chi connectivity index (χ2n) is 9.66. The molecule has 0 aromatic heterocycles. The molecule has 4 aliphatic carbocycles. The van der Waals surface area contributed by atoms with E-state index in [1.165, 1.54) is 25.7 Å². The fourth-order valence-electron chi connectivity index (χ4n) is 7.40. The summed E-state index contributed by atoms with van der Waals surface area (Å²) in [6.45, 7) is 6.59. The van der Waals surface area contributed by atoms with Crippen LogP contribution in [-0.2, 0) is 9.59 Å². The zero-order valence-electron chi connectivity index (χ0n) is 15.1. The molecule has 4 aliphatic rings. The number of hydrogen-bond donors (Lipinski definition) is 0. The lowest BCUT2D eigenvalue weighted by Crippen LogP contribution is -2.53. The Bertz CT molecular complexity index is 538. The van der Waals surface area contributed by atoms with Crippen LogP contribution in [0.15, 0.2) is 0 Å². The van der Waals surface area contributed by atoms with Crippen LogP contribution in [0.2, 0.25) is 0 Å². The molecule has 0 bridgehead atoms. The molecule has 0 aromatic rings. The predicted octanol–water partition coefficient (Wildman–Crippen LogP) is 4.80. The fourth-order valence-corrected chi connectivity index (χ4v) is 7.40. The number of fused-ring (bicyclic) bond motifs is 5. The normalized spacial score (nSPS) is 52.5. The Labute approximate surface area is 140 Å². The van der Waals surface area contributed by atoms with E-state index in [4.69, 9.17) is 0 Å². The lowest BCUT2D eigenvalue weighted by molar-refractivity contribution is -0.143. The van der Waals surface area contributed by atoms with Crippen LogP contribution in [-0.4, -0.2) is 11.6 Å². The first kappa shape index (κ1) is 15.8. The number of carbonyl (C=O) groups excluding carboxylic acids is 2. The van der Waals surface area contributed by atoms with Gasteiger partial charge in [0.15, 0.2) is 0 Å². The smallest absolute Gasteiger partial charge is 0.139 e. The summed E-state index contributed by atoms with van der Waals surface area (Å²) in [6, 6.07) is 0. The topological polar surface area (TPSA) is 34.1 Å². The van der Waals surface area contributed by atoms with Crippen LogP contribution in [0.3, 0.4) is 0 Å². The highest BCUT2D eigenvalue weighted by Gasteiger charge is 2.60. The van der Waals surface area contributed by atoms with Gasteiger partial charge in [-0.15, -0.1) is 0 Å². The molecule has 2 nitrogen and oxygen atoms in total. The van der Waals surface area contributed by atoms with E-state index in [0.29, 0.717) is 28.8 Å². The Hall–Kier alpha value is -0.660. The van der Waals surface area contributed by atoms with Crippen molar-refractivity contribution >= 4 is 11.6 Å². The van der Waals surface area contributed by atoms with Crippen molar-refractivity contribution in [3.8, 4) is 0 Å². The highest BCUT2D eigenvalue weighted by atomic mass is 16.1. The SMILES string of the molecule is CC(=O)[C@@H]1CC[C@@]2(C)[C@H](CC[C@H]3[C@H]4CCC(=O)[C@]4(C)CC[C@@H]32)C1. The van der Waals surface area contributed by atoms with Gasteiger partial charge in [-0.25, -0.2) is 0 Å². The molecule has 4 rings (SSSR count). The molecule has 0 N–H and O–H groups in total. The van der Waals surface area contributed by atoms with Crippen LogP contribution >= 0.6 is 0 Å². The quantitative estimate of drug-likeness (QED) is 0.696. The molecule has 0 amide bonds. The van der Waals surface area contributed by atoms with Crippen molar-refractivity contribution in [3.05, 3.63) is 0 Å². The second-order valence-corrected chi connectivity index (χ2v) is 9.66. The Morgan fingerprint density at radius 3 is 2.52 bits per heavy atom. The zero-order chi connectivity index (χ0) is 16.4. The van der Waals surface area contributed by atoms with Gasteiger partial charge in [-0.1, -0.05) is 13.8 Å². The van der Waals surface area contributed by atoms with E-state index in [1.807, 2.05) is 0 Å². The predicted molar refractivity (Wildman–Crippen MR) is 90.9 cm³/mol. The molecule has 4 fully saturated rings. The zero-order valence-corrected chi connectivity index (χ0v) is 15.1. The summed E-state index contributed by atoms with van der Waals surface area (Å²) in [6.07, 6.45) is 10.4. The highest BCUT2D eigenvalue weighted by Crippen LogP contribution is 2.65. The summed E-state index contributed by atoms with van der Waals surface area (Å²) in [4.78, 5) is 24.3. The second kappa shape index (κ2) is 5.17. The van der Waals surface area contributed by atoms with Crippen molar-refractivity contribution in [2.45, 2.75) is 78.6 Å². The minimum atomic E-state index is 0.000942. The van der Waals surface area contributed by atoms with Gasteiger partial charge in [0.1, 0.15) is 11.6 Å². The molecule has 0 aliphatic heterocycles. The first-order valence-electron chi connectivity index (χ1n) is 9.90. The van der Waals surface area contributed by atoms with Gasteiger partial charge in [0.25, 0.3) is 0 Å². The maximum atomic E-state index is 12.4. The van der Waals surface area contributed by atoms with Gasteiger partial charge < -0.3 is 0 Å². The third-order valence-corrected chi connectivity index (χ3v) is 8.95. The molecule has 4 saturated carbocycles. The summed E-state index contributed by atoms with van der Waals surface area (Å²) in [5.74, 6) is 4.25. The summed E-state index contributed by atoms with van der Waals surface area (Å²) in [5, 5.41) is 0. The molecule has 23 heavy (non-hydrogen) atoms. The minimum Gasteiger partial charge on any atom is -0.300 e. The van der Waals surface area contributed by atoms with Gasteiger partial charge in [-0.05, 0) is 87.4 Å². The largest absolute Gasteiger partial charge is 0.300 e. The molecule has 0 radical (unpaired) electrons.